The second-order valence-electron chi connectivity index (χ2n) is 8.58. The molecule has 3 rings (SSSR count). The maximum atomic E-state index is 7.19. The fourth-order valence-corrected chi connectivity index (χ4v) is 9.21. The summed E-state index contributed by atoms with van der Waals surface area (Å²) in [5.74, 6) is 0.735. The van der Waals surface area contributed by atoms with Gasteiger partial charge in [0.2, 0.25) is 0 Å². The van der Waals surface area contributed by atoms with Crippen molar-refractivity contribution in [3.05, 3.63) is 60.7 Å². The van der Waals surface area contributed by atoms with E-state index in [0.717, 1.165) is 31.7 Å². The van der Waals surface area contributed by atoms with Crippen LogP contribution in [0, 0.1) is 0 Å². The van der Waals surface area contributed by atoms with E-state index in [-0.39, 0.29) is 11.1 Å². The second kappa shape index (κ2) is 8.91. The van der Waals surface area contributed by atoms with Crippen molar-refractivity contribution < 1.29 is 4.43 Å². The van der Waals surface area contributed by atoms with Gasteiger partial charge in [-0.05, 0) is 34.7 Å². The van der Waals surface area contributed by atoms with Crippen molar-refractivity contribution in [2.24, 2.45) is 0 Å². The maximum Gasteiger partial charge on any atom is 0.261 e. The Bertz CT molecular complexity index is 662. The van der Waals surface area contributed by atoms with Crippen LogP contribution in [0.3, 0.4) is 0 Å². The first-order chi connectivity index (χ1) is 13.0. The second-order valence-corrected chi connectivity index (χ2v) is 13.2. The number of hydrogen-bond acceptors (Lipinski definition) is 2. The van der Waals surface area contributed by atoms with Gasteiger partial charge in [0.15, 0.2) is 0 Å². The van der Waals surface area contributed by atoms with Gasteiger partial charge in [-0.1, -0.05) is 81.4 Å². The summed E-state index contributed by atoms with van der Waals surface area (Å²) in [5, 5.41) is 6.40. The molecule has 1 heterocycles. The average Bonchev–Trinajstić information content (AvgIpc) is 3.12. The fraction of sp³-hybridized carbons (Fsp3) is 0.478. The maximum absolute atomic E-state index is 7.19. The van der Waals surface area contributed by atoms with Crippen LogP contribution in [0.15, 0.2) is 60.7 Å². The summed E-state index contributed by atoms with van der Waals surface area (Å²) in [7, 11) is -2.44. The van der Waals surface area contributed by atoms with Crippen molar-refractivity contribution in [2.45, 2.75) is 57.2 Å². The average molecular weight is 402 g/mol. The molecule has 0 radical (unpaired) electrons. The highest BCUT2D eigenvalue weighted by Crippen LogP contribution is 2.38. The van der Waals surface area contributed by atoms with E-state index in [0.29, 0.717) is 6.04 Å². The molecule has 0 saturated carbocycles. The highest BCUT2D eigenvalue weighted by molar-refractivity contribution is 6.99. The predicted octanol–water partition coefficient (Wildman–Crippen LogP) is 4.31. The Labute approximate surface area is 170 Å². The molecule has 4 heteroatoms. The van der Waals surface area contributed by atoms with Crippen molar-refractivity contribution in [1.29, 1.82) is 0 Å². The van der Waals surface area contributed by atoms with E-state index in [1.54, 1.807) is 0 Å². The number of halogens is 1. The third kappa shape index (κ3) is 4.48. The number of nitrogens with one attached hydrogen (secondary N) is 1. The molecule has 1 aliphatic rings. The normalized spacial score (nSPS) is 20.7. The van der Waals surface area contributed by atoms with Crippen LogP contribution in [0.25, 0.3) is 0 Å². The SMILES string of the molecule is CC(C)(C)[Si](O[C@H]1CNC(CCCCl)C1)(c1ccccc1)c1ccccc1. The Morgan fingerprint density at radius 2 is 1.56 bits per heavy atom. The standard InChI is InChI=1S/C23H32ClNOSi/c1-23(2,3)27(21-12-6-4-7-13-21,22-14-8-5-9-15-22)26-20-17-19(25-18-20)11-10-16-24/h4-9,12-15,19-20,25H,10-11,16-18H2,1-3H3/t19?,20-/m1/s1. The molecular formula is C23H32ClNOSi. The smallest absolute Gasteiger partial charge is 0.261 e. The minimum absolute atomic E-state index is 0.0317. The number of benzene rings is 2. The minimum Gasteiger partial charge on any atom is -0.403 e. The predicted molar refractivity (Wildman–Crippen MR) is 119 cm³/mol. The van der Waals surface area contributed by atoms with Gasteiger partial charge >= 0.3 is 0 Å². The van der Waals surface area contributed by atoms with Crippen LogP contribution in [0.4, 0.5) is 0 Å². The van der Waals surface area contributed by atoms with Crippen LogP contribution in [-0.2, 0) is 4.43 Å². The first kappa shape index (κ1) is 20.6. The fourth-order valence-electron chi connectivity index (χ4n) is 4.36. The van der Waals surface area contributed by atoms with Gasteiger partial charge in [-0.2, -0.15) is 0 Å². The Morgan fingerprint density at radius 1 is 1.00 bits per heavy atom. The number of rotatable bonds is 7. The van der Waals surface area contributed by atoms with E-state index < -0.39 is 8.32 Å². The van der Waals surface area contributed by atoms with Gasteiger partial charge in [-0.15, -0.1) is 11.6 Å². The van der Waals surface area contributed by atoms with Gasteiger partial charge in [0.05, 0.1) is 6.10 Å². The van der Waals surface area contributed by atoms with Crippen molar-refractivity contribution in [1.82, 2.24) is 5.32 Å². The highest BCUT2D eigenvalue weighted by Gasteiger charge is 2.51. The van der Waals surface area contributed by atoms with Crippen LogP contribution < -0.4 is 15.7 Å². The van der Waals surface area contributed by atoms with Gasteiger partial charge in [0, 0.05) is 18.5 Å². The molecule has 2 aromatic carbocycles. The Balaban J connectivity index is 1.98. The van der Waals surface area contributed by atoms with E-state index in [9.17, 15) is 0 Å². The molecule has 1 aliphatic heterocycles. The lowest BCUT2D eigenvalue weighted by Gasteiger charge is -2.44. The van der Waals surface area contributed by atoms with Crippen molar-refractivity contribution in [3.8, 4) is 0 Å². The third-order valence-electron chi connectivity index (χ3n) is 5.63. The van der Waals surface area contributed by atoms with Crippen LogP contribution in [0.2, 0.25) is 5.04 Å². The quantitative estimate of drug-likeness (QED) is 0.551. The molecule has 146 valence electrons. The van der Waals surface area contributed by atoms with Gasteiger partial charge in [-0.25, -0.2) is 0 Å². The monoisotopic (exact) mass is 401 g/mol. The summed E-state index contributed by atoms with van der Waals surface area (Å²) >= 11 is 5.89. The topological polar surface area (TPSA) is 21.3 Å². The summed E-state index contributed by atoms with van der Waals surface area (Å²) in [5.41, 5.74) is 0. The molecule has 0 bridgehead atoms. The number of hydrogen-bond donors (Lipinski definition) is 1. The lowest BCUT2D eigenvalue weighted by atomic mass is 10.1. The van der Waals surface area contributed by atoms with E-state index in [4.69, 9.17) is 16.0 Å². The van der Waals surface area contributed by atoms with Crippen molar-refractivity contribution in [3.63, 3.8) is 0 Å². The van der Waals surface area contributed by atoms with E-state index >= 15 is 0 Å². The molecule has 1 saturated heterocycles. The van der Waals surface area contributed by atoms with Crippen LogP contribution in [-0.4, -0.2) is 32.9 Å². The molecule has 0 spiro atoms. The highest BCUT2D eigenvalue weighted by atomic mass is 35.5. The molecule has 1 N–H and O–H groups in total. The first-order valence-corrected chi connectivity index (χ1v) is 12.5. The van der Waals surface area contributed by atoms with E-state index in [1.165, 1.54) is 10.4 Å². The molecule has 2 aromatic rings. The van der Waals surface area contributed by atoms with Crippen LogP contribution >= 0.6 is 11.6 Å². The zero-order valence-corrected chi connectivity index (χ0v) is 18.5. The lowest BCUT2D eigenvalue weighted by Crippen LogP contribution is -2.67. The van der Waals surface area contributed by atoms with Gasteiger partial charge < -0.3 is 9.74 Å². The molecule has 0 aliphatic carbocycles. The summed E-state index contributed by atoms with van der Waals surface area (Å²) < 4.78 is 7.19. The molecular weight excluding hydrogens is 370 g/mol. The molecule has 1 unspecified atom stereocenters. The molecule has 2 atom stereocenters. The Kier molecular flexibility index (Phi) is 6.80. The van der Waals surface area contributed by atoms with E-state index in [1.807, 2.05) is 0 Å². The van der Waals surface area contributed by atoms with E-state index in [2.05, 4.69) is 86.8 Å². The zero-order valence-electron chi connectivity index (χ0n) is 16.7. The first-order valence-electron chi connectivity index (χ1n) is 10.1. The van der Waals surface area contributed by atoms with Gasteiger partial charge in [0.1, 0.15) is 0 Å². The third-order valence-corrected chi connectivity index (χ3v) is 11.0. The number of alkyl halides is 1. The molecule has 2 nitrogen and oxygen atoms in total. The van der Waals surface area contributed by atoms with Crippen molar-refractivity contribution in [2.75, 3.05) is 12.4 Å². The Morgan fingerprint density at radius 3 is 2.04 bits per heavy atom. The van der Waals surface area contributed by atoms with Crippen molar-refractivity contribution >= 4 is 30.3 Å². The van der Waals surface area contributed by atoms with Crippen LogP contribution in [0.5, 0.6) is 0 Å². The summed E-state index contributed by atoms with van der Waals surface area (Å²) in [6, 6.07) is 22.3. The van der Waals surface area contributed by atoms with Gasteiger partial charge in [-0.3, -0.25) is 0 Å². The minimum atomic E-state index is -2.44. The Hall–Kier alpha value is -1.13. The molecule has 0 aromatic heterocycles. The lowest BCUT2D eigenvalue weighted by molar-refractivity contribution is 0.204. The van der Waals surface area contributed by atoms with Crippen LogP contribution in [0.1, 0.15) is 40.0 Å². The largest absolute Gasteiger partial charge is 0.403 e. The summed E-state index contributed by atoms with van der Waals surface area (Å²) in [4.78, 5) is 0. The van der Waals surface area contributed by atoms with Gasteiger partial charge in [0.25, 0.3) is 8.32 Å². The molecule has 0 amide bonds. The summed E-state index contributed by atoms with van der Waals surface area (Å²) in [6.07, 6.45) is 3.51. The summed E-state index contributed by atoms with van der Waals surface area (Å²) in [6.45, 7) is 7.95. The zero-order chi connectivity index (χ0) is 19.3. The molecule has 1 fully saturated rings. The molecule has 27 heavy (non-hydrogen) atoms.